The van der Waals surface area contributed by atoms with Gasteiger partial charge in [-0.15, -0.1) is 0 Å². The van der Waals surface area contributed by atoms with Gasteiger partial charge in [-0.3, -0.25) is 18.6 Å². The predicted octanol–water partition coefficient (Wildman–Crippen LogP) is 14.1. The van der Waals surface area contributed by atoms with Crippen molar-refractivity contribution in [2.24, 2.45) is 0 Å². The molecule has 0 rings (SSSR count). The molecule has 0 aliphatic rings. The Balaban J connectivity index is 4.25. The van der Waals surface area contributed by atoms with Gasteiger partial charge in [-0.25, -0.2) is 4.57 Å². The Morgan fingerprint density at radius 2 is 0.932 bits per heavy atom. The summed E-state index contributed by atoms with van der Waals surface area (Å²) in [5.41, 5.74) is 0. The summed E-state index contributed by atoms with van der Waals surface area (Å²) in [4.78, 5) is 35.4. The molecule has 0 amide bonds. The van der Waals surface area contributed by atoms with Gasteiger partial charge in [-0.1, -0.05) is 172 Å². The fourth-order valence-corrected chi connectivity index (χ4v) is 7.30. The number of nitrogens with zero attached hydrogens (tertiary/aromatic N) is 1. The van der Waals surface area contributed by atoms with Crippen molar-refractivity contribution in [1.82, 2.24) is 0 Å². The van der Waals surface area contributed by atoms with Crippen molar-refractivity contribution in [3.05, 3.63) is 36.5 Å². The van der Waals surface area contributed by atoms with Crippen LogP contribution in [-0.2, 0) is 32.7 Å². The van der Waals surface area contributed by atoms with E-state index in [4.69, 9.17) is 18.5 Å². The van der Waals surface area contributed by atoms with E-state index in [9.17, 15) is 19.0 Å². The zero-order chi connectivity index (χ0) is 43.6. The van der Waals surface area contributed by atoms with E-state index in [0.29, 0.717) is 17.4 Å². The van der Waals surface area contributed by atoms with Crippen molar-refractivity contribution >= 4 is 19.8 Å². The molecule has 0 aromatic heterocycles. The first-order chi connectivity index (χ1) is 28.5. The molecule has 0 saturated heterocycles. The van der Waals surface area contributed by atoms with E-state index in [1.165, 1.54) is 116 Å². The molecule has 0 fully saturated rings. The van der Waals surface area contributed by atoms with E-state index in [-0.39, 0.29) is 32.0 Å². The van der Waals surface area contributed by atoms with Gasteiger partial charge in [0.1, 0.15) is 19.8 Å². The van der Waals surface area contributed by atoms with Crippen molar-refractivity contribution < 1.29 is 42.1 Å². The Kier molecular flexibility index (Phi) is 40.3. The molecule has 0 bridgehead atoms. The molecule has 0 aromatic carbocycles. The van der Waals surface area contributed by atoms with Crippen LogP contribution < -0.4 is 0 Å². The molecule has 59 heavy (non-hydrogen) atoms. The van der Waals surface area contributed by atoms with E-state index in [2.05, 4.69) is 50.3 Å². The van der Waals surface area contributed by atoms with Gasteiger partial charge in [-0.05, 0) is 64.2 Å². The molecule has 0 aliphatic heterocycles. The van der Waals surface area contributed by atoms with Gasteiger partial charge in [0.25, 0.3) is 0 Å². The number of esters is 2. The molecule has 1 N–H and O–H groups in total. The van der Waals surface area contributed by atoms with E-state index >= 15 is 0 Å². The van der Waals surface area contributed by atoms with Gasteiger partial charge in [0.15, 0.2) is 6.10 Å². The minimum Gasteiger partial charge on any atom is -0.462 e. The highest BCUT2D eigenvalue weighted by molar-refractivity contribution is 7.47. The number of quaternary nitrogens is 1. The van der Waals surface area contributed by atoms with Crippen LogP contribution in [0.1, 0.15) is 213 Å². The number of hydrogen-bond acceptors (Lipinski definition) is 7. The molecule has 0 radical (unpaired) electrons. The smallest absolute Gasteiger partial charge is 0.462 e. The fourth-order valence-electron chi connectivity index (χ4n) is 6.55. The molecule has 0 saturated carbocycles. The van der Waals surface area contributed by atoms with Gasteiger partial charge in [0.05, 0.1) is 27.7 Å². The molecule has 9 nitrogen and oxygen atoms in total. The number of hydrogen-bond donors (Lipinski definition) is 1. The Morgan fingerprint density at radius 1 is 0.525 bits per heavy atom. The quantitative estimate of drug-likeness (QED) is 0.0212. The first kappa shape index (κ1) is 57.2. The van der Waals surface area contributed by atoms with Gasteiger partial charge < -0.3 is 18.9 Å². The van der Waals surface area contributed by atoms with Crippen LogP contribution in [0, 0.1) is 0 Å². The summed E-state index contributed by atoms with van der Waals surface area (Å²) in [6, 6.07) is 0. The van der Waals surface area contributed by atoms with E-state index in [1.807, 2.05) is 21.1 Å². The van der Waals surface area contributed by atoms with Crippen LogP contribution in [-0.4, -0.2) is 74.9 Å². The van der Waals surface area contributed by atoms with Crippen LogP contribution in [0.2, 0.25) is 0 Å². The number of carbonyl (C=O) groups excluding carboxylic acids is 2. The maximum atomic E-state index is 12.7. The summed E-state index contributed by atoms with van der Waals surface area (Å²) in [7, 11) is 1.47. The normalized spacial score (nSPS) is 13.8. The molecule has 0 spiro atoms. The Morgan fingerprint density at radius 3 is 1.41 bits per heavy atom. The molecular formula is C49H93NO8P+. The lowest BCUT2D eigenvalue weighted by Crippen LogP contribution is -2.37. The molecule has 2 atom stereocenters. The molecule has 346 valence electrons. The first-order valence-electron chi connectivity index (χ1n) is 24.2. The zero-order valence-electron chi connectivity index (χ0n) is 39.0. The topological polar surface area (TPSA) is 108 Å². The maximum Gasteiger partial charge on any atom is 0.472 e. The SMILES string of the molecule is CCCC/C=C/C/C=C/CCCCCCCC(=O)O[C@@H](COC(=O)CCCCCCCCCCCCC/C=C/CCCCCCCC)COP(=O)(O)OCC[N+](C)(C)C. The summed E-state index contributed by atoms with van der Waals surface area (Å²) in [5.74, 6) is -0.811. The fraction of sp³-hybridized carbons (Fsp3) is 0.837. The van der Waals surface area contributed by atoms with Crippen LogP contribution in [0.4, 0.5) is 0 Å². The van der Waals surface area contributed by atoms with Gasteiger partial charge in [0.2, 0.25) is 0 Å². The second-order valence-electron chi connectivity index (χ2n) is 17.5. The molecule has 0 aliphatic carbocycles. The minimum absolute atomic E-state index is 0.0289. The highest BCUT2D eigenvalue weighted by Gasteiger charge is 2.27. The second kappa shape index (κ2) is 41.6. The van der Waals surface area contributed by atoms with Crippen LogP contribution >= 0.6 is 7.82 Å². The van der Waals surface area contributed by atoms with Crippen molar-refractivity contribution in [2.45, 2.75) is 219 Å². The lowest BCUT2D eigenvalue weighted by molar-refractivity contribution is -0.870. The number of likely N-dealkylation sites (N-methyl/N-ethyl adjacent to an activating group) is 1. The third kappa shape index (κ3) is 45.6. The Bertz CT molecular complexity index is 1100. The number of carbonyl (C=O) groups is 2. The van der Waals surface area contributed by atoms with Crippen LogP contribution in [0.15, 0.2) is 36.5 Å². The lowest BCUT2D eigenvalue weighted by Gasteiger charge is -2.24. The minimum atomic E-state index is -4.38. The molecular weight excluding hydrogens is 762 g/mol. The highest BCUT2D eigenvalue weighted by atomic mass is 31.2. The molecule has 10 heteroatoms. The number of unbranched alkanes of at least 4 members (excludes halogenated alkanes) is 24. The summed E-state index contributed by atoms with van der Waals surface area (Å²) in [6.45, 7) is 4.38. The van der Waals surface area contributed by atoms with Crippen molar-refractivity contribution in [2.75, 3.05) is 47.5 Å². The molecule has 0 aromatic rings. The van der Waals surface area contributed by atoms with E-state index < -0.39 is 26.5 Å². The van der Waals surface area contributed by atoms with Gasteiger partial charge >= 0.3 is 19.8 Å². The summed E-state index contributed by atoms with van der Waals surface area (Å²) in [6.07, 6.45) is 47.6. The average Bonchev–Trinajstić information content (AvgIpc) is 3.19. The van der Waals surface area contributed by atoms with E-state index in [1.54, 1.807) is 0 Å². The summed E-state index contributed by atoms with van der Waals surface area (Å²) in [5, 5.41) is 0. The summed E-state index contributed by atoms with van der Waals surface area (Å²) < 4.78 is 34.4. The second-order valence-corrected chi connectivity index (χ2v) is 18.9. The van der Waals surface area contributed by atoms with Gasteiger partial charge in [-0.2, -0.15) is 0 Å². The van der Waals surface area contributed by atoms with Crippen LogP contribution in [0.3, 0.4) is 0 Å². The average molecular weight is 855 g/mol. The van der Waals surface area contributed by atoms with Crippen LogP contribution in [0.25, 0.3) is 0 Å². The third-order valence-electron chi connectivity index (χ3n) is 10.4. The number of phosphoric ester groups is 1. The number of ether oxygens (including phenoxy) is 2. The largest absolute Gasteiger partial charge is 0.472 e. The molecule has 1 unspecified atom stereocenters. The number of phosphoric acid groups is 1. The molecule has 0 heterocycles. The Hall–Kier alpha value is -1.77. The van der Waals surface area contributed by atoms with E-state index in [0.717, 1.165) is 64.2 Å². The van der Waals surface area contributed by atoms with Crippen LogP contribution in [0.5, 0.6) is 0 Å². The first-order valence-corrected chi connectivity index (χ1v) is 25.7. The Labute approximate surface area is 363 Å². The van der Waals surface area contributed by atoms with Gasteiger partial charge in [0, 0.05) is 12.8 Å². The summed E-state index contributed by atoms with van der Waals surface area (Å²) >= 11 is 0. The monoisotopic (exact) mass is 855 g/mol. The third-order valence-corrected chi connectivity index (χ3v) is 11.4. The van der Waals surface area contributed by atoms with Crippen molar-refractivity contribution in [3.8, 4) is 0 Å². The predicted molar refractivity (Wildman–Crippen MR) is 247 cm³/mol. The lowest BCUT2D eigenvalue weighted by atomic mass is 10.0. The van der Waals surface area contributed by atoms with Crippen molar-refractivity contribution in [3.63, 3.8) is 0 Å². The maximum absolute atomic E-state index is 12.7. The standard InChI is InChI=1S/C49H92NO8P/c1-6-8-10-12-14-16-18-20-22-23-24-25-26-27-28-30-31-33-35-37-39-41-48(51)55-45-47(46-57-59(53,54)56-44-43-50(3,4)5)58-49(52)42-40-38-36-34-32-29-21-19-17-15-13-11-9-7-2/h13,15,19-22,47H,6-12,14,16-18,23-46H2,1-5H3/p+1/b15-13+,21-19+,22-20+/t47-/m0/s1. The number of rotatable bonds is 44. The highest BCUT2D eigenvalue weighted by Crippen LogP contribution is 2.43. The number of allylic oxidation sites excluding steroid dienone is 6. The zero-order valence-corrected chi connectivity index (χ0v) is 39.9. The van der Waals surface area contributed by atoms with Crippen molar-refractivity contribution in [1.29, 1.82) is 0 Å².